The van der Waals surface area contributed by atoms with E-state index in [1.807, 2.05) is 51.1 Å². The molecule has 110 valence electrons. The van der Waals surface area contributed by atoms with E-state index in [0.717, 1.165) is 12.0 Å². The van der Waals surface area contributed by atoms with Crippen LogP contribution >= 0.6 is 0 Å². The van der Waals surface area contributed by atoms with Gasteiger partial charge in [-0.15, -0.1) is 0 Å². The number of aliphatic hydroxyl groups is 1. The fourth-order valence-electron chi connectivity index (χ4n) is 2.64. The molecule has 0 heterocycles. The molecule has 0 spiro atoms. The number of carbonyl (C=O) groups excluding carboxylic acids is 1. The second kappa shape index (κ2) is 5.44. The third-order valence-corrected chi connectivity index (χ3v) is 4.68. The van der Waals surface area contributed by atoms with Gasteiger partial charge >= 0.3 is 6.09 Å². The highest BCUT2D eigenvalue weighted by atomic mass is 16.5. The van der Waals surface area contributed by atoms with E-state index >= 15 is 0 Å². The first-order valence-electron chi connectivity index (χ1n) is 7.02. The van der Waals surface area contributed by atoms with Gasteiger partial charge in [-0.25, -0.2) is 4.79 Å². The van der Waals surface area contributed by atoms with Crippen LogP contribution in [0.1, 0.15) is 39.2 Å². The van der Waals surface area contributed by atoms with Crippen LogP contribution in [0.25, 0.3) is 0 Å². The average Bonchev–Trinajstić information content (AvgIpc) is 2.60. The summed E-state index contributed by atoms with van der Waals surface area (Å²) < 4.78 is 5.22. The molecule has 1 fully saturated rings. The van der Waals surface area contributed by atoms with E-state index in [1.54, 1.807) is 0 Å². The molecule has 1 aliphatic carbocycles. The van der Waals surface area contributed by atoms with Crippen molar-refractivity contribution in [1.82, 2.24) is 5.32 Å². The molecule has 0 radical (unpaired) electrons. The van der Waals surface area contributed by atoms with Crippen molar-refractivity contribution in [2.45, 2.75) is 51.9 Å². The van der Waals surface area contributed by atoms with E-state index in [-0.39, 0.29) is 18.1 Å². The summed E-state index contributed by atoms with van der Waals surface area (Å²) in [5, 5.41) is 13.2. The van der Waals surface area contributed by atoms with Crippen LogP contribution in [0.3, 0.4) is 0 Å². The molecule has 1 aliphatic rings. The molecule has 1 aromatic carbocycles. The van der Waals surface area contributed by atoms with Crippen LogP contribution < -0.4 is 5.32 Å². The van der Waals surface area contributed by atoms with Crippen LogP contribution in [-0.4, -0.2) is 22.8 Å². The summed E-state index contributed by atoms with van der Waals surface area (Å²) in [5.74, 6) is 0. The van der Waals surface area contributed by atoms with Crippen LogP contribution in [-0.2, 0) is 11.3 Å². The molecule has 0 aliphatic heterocycles. The molecule has 20 heavy (non-hydrogen) atoms. The second-order valence-electron chi connectivity index (χ2n) is 6.29. The smallest absolute Gasteiger partial charge is 0.407 e. The number of benzene rings is 1. The largest absolute Gasteiger partial charge is 0.445 e. The molecule has 2 N–H and O–H groups in total. The van der Waals surface area contributed by atoms with E-state index in [9.17, 15) is 9.90 Å². The summed E-state index contributed by atoms with van der Waals surface area (Å²) in [5.41, 5.74) is -0.163. The summed E-state index contributed by atoms with van der Waals surface area (Å²) in [7, 11) is 0. The van der Waals surface area contributed by atoms with Gasteiger partial charge in [0.1, 0.15) is 6.61 Å². The van der Waals surface area contributed by atoms with Gasteiger partial charge in [0.05, 0.1) is 5.60 Å². The molecule has 0 bridgehead atoms. The van der Waals surface area contributed by atoms with Crippen LogP contribution in [0, 0.1) is 5.41 Å². The molecule has 4 heteroatoms. The zero-order valence-electron chi connectivity index (χ0n) is 12.3. The van der Waals surface area contributed by atoms with Crippen molar-refractivity contribution in [2.75, 3.05) is 0 Å². The van der Waals surface area contributed by atoms with Crippen molar-refractivity contribution in [2.24, 2.45) is 5.41 Å². The molecule has 2 rings (SSSR count). The maximum absolute atomic E-state index is 11.9. The highest BCUT2D eigenvalue weighted by Gasteiger charge is 2.51. The molecule has 1 saturated carbocycles. The summed E-state index contributed by atoms with van der Waals surface area (Å²) in [4.78, 5) is 11.9. The van der Waals surface area contributed by atoms with Crippen LogP contribution in [0.4, 0.5) is 4.79 Å². The number of ether oxygens (including phenoxy) is 1. The minimum atomic E-state index is -0.760. The van der Waals surface area contributed by atoms with Crippen LogP contribution in [0.2, 0.25) is 0 Å². The Balaban J connectivity index is 1.87. The van der Waals surface area contributed by atoms with Gasteiger partial charge in [0.15, 0.2) is 0 Å². The van der Waals surface area contributed by atoms with E-state index in [1.165, 1.54) is 0 Å². The lowest BCUT2D eigenvalue weighted by Crippen LogP contribution is -2.49. The first-order chi connectivity index (χ1) is 9.33. The van der Waals surface area contributed by atoms with Crippen molar-refractivity contribution in [1.29, 1.82) is 0 Å². The van der Waals surface area contributed by atoms with Gasteiger partial charge in [0.2, 0.25) is 0 Å². The Labute approximate surface area is 120 Å². The normalized spacial score (nSPS) is 28.1. The fourth-order valence-corrected chi connectivity index (χ4v) is 2.64. The predicted octanol–water partition coefficient (Wildman–Crippen LogP) is 2.85. The number of hydrogen-bond donors (Lipinski definition) is 2. The monoisotopic (exact) mass is 277 g/mol. The Hall–Kier alpha value is -1.55. The zero-order valence-corrected chi connectivity index (χ0v) is 12.3. The first kappa shape index (κ1) is 14.9. The molecule has 4 nitrogen and oxygen atoms in total. The van der Waals surface area contributed by atoms with E-state index in [0.29, 0.717) is 6.42 Å². The predicted molar refractivity (Wildman–Crippen MR) is 77.2 cm³/mol. The third kappa shape index (κ3) is 2.96. The maximum atomic E-state index is 11.9. The lowest BCUT2D eigenvalue weighted by molar-refractivity contribution is -0.0343. The number of amides is 1. The molecule has 1 amide bonds. The van der Waals surface area contributed by atoms with Crippen molar-refractivity contribution in [3.8, 4) is 0 Å². The van der Waals surface area contributed by atoms with Gasteiger partial charge in [-0.05, 0) is 25.3 Å². The van der Waals surface area contributed by atoms with Crippen molar-refractivity contribution in [3.63, 3.8) is 0 Å². The van der Waals surface area contributed by atoms with Gasteiger partial charge in [-0.2, -0.15) is 0 Å². The third-order valence-electron chi connectivity index (χ3n) is 4.68. The van der Waals surface area contributed by atoms with Gasteiger partial charge in [0, 0.05) is 11.5 Å². The second-order valence-corrected chi connectivity index (χ2v) is 6.29. The molecular weight excluding hydrogens is 254 g/mol. The minimum absolute atomic E-state index is 0.0687. The highest BCUT2D eigenvalue weighted by Crippen LogP contribution is 2.45. The quantitative estimate of drug-likeness (QED) is 0.893. The molecule has 0 unspecified atom stereocenters. The molecule has 0 aromatic heterocycles. The summed E-state index contributed by atoms with van der Waals surface area (Å²) in [6.45, 7) is 6.03. The topological polar surface area (TPSA) is 58.6 Å². The van der Waals surface area contributed by atoms with E-state index in [2.05, 4.69) is 5.32 Å². The van der Waals surface area contributed by atoms with Gasteiger partial charge < -0.3 is 15.2 Å². The molecular formula is C16H23NO3. The van der Waals surface area contributed by atoms with E-state index in [4.69, 9.17) is 4.74 Å². The Morgan fingerprint density at radius 3 is 2.55 bits per heavy atom. The lowest BCUT2D eigenvalue weighted by Gasteiger charge is -2.37. The number of nitrogens with one attached hydrogen (secondary N) is 1. The Morgan fingerprint density at radius 1 is 1.35 bits per heavy atom. The number of carbonyl (C=O) groups is 1. The van der Waals surface area contributed by atoms with Gasteiger partial charge in [0.25, 0.3) is 0 Å². The standard InChI is InChI=1S/C16H23NO3/c1-15(2)13(9-10-16(15,3)19)17-14(18)20-11-12-7-5-4-6-8-12/h4-8,13,19H,9-11H2,1-3H3,(H,17,18)/t13-,16-/m1/s1. The van der Waals surface area contributed by atoms with Gasteiger partial charge in [-0.1, -0.05) is 44.2 Å². The first-order valence-corrected chi connectivity index (χ1v) is 7.02. The number of hydrogen-bond acceptors (Lipinski definition) is 3. The molecule has 2 atom stereocenters. The fraction of sp³-hybridized carbons (Fsp3) is 0.562. The number of rotatable bonds is 3. The molecule has 0 saturated heterocycles. The summed E-state index contributed by atoms with van der Waals surface area (Å²) in [6.07, 6.45) is 1.02. The van der Waals surface area contributed by atoms with Crippen molar-refractivity contribution < 1.29 is 14.6 Å². The summed E-state index contributed by atoms with van der Waals surface area (Å²) >= 11 is 0. The van der Waals surface area contributed by atoms with Gasteiger partial charge in [-0.3, -0.25) is 0 Å². The SMILES string of the molecule is CC1(C)[C@H](NC(=O)OCc2ccccc2)CC[C@@]1(C)O. The lowest BCUT2D eigenvalue weighted by atomic mass is 9.77. The van der Waals surface area contributed by atoms with E-state index < -0.39 is 11.7 Å². The number of alkyl carbamates (subject to hydrolysis) is 1. The zero-order chi connectivity index (χ0) is 14.8. The minimum Gasteiger partial charge on any atom is -0.445 e. The van der Waals surface area contributed by atoms with Crippen molar-refractivity contribution in [3.05, 3.63) is 35.9 Å². The molecule has 1 aromatic rings. The Kier molecular flexibility index (Phi) is 4.04. The Bertz CT molecular complexity index is 468. The summed E-state index contributed by atoms with van der Waals surface area (Å²) in [6, 6.07) is 9.50. The van der Waals surface area contributed by atoms with Crippen LogP contribution in [0.15, 0.2) is 30.3 Å². The average molecular weight is 277 g/mol. The Morgan fingerprint density at radius 2 is 2.00 bits per heavy atom. The van der Waals surface area contributed by atoms with Crippen molar-refractivity contribution >= 4 is 6.09 Å². The van der Waals surface area contributed by atoms with Crippen LogP contribution in [0.5, 0.6) is 0 Å². The highest BCUT2D eigenvalue weighted by molar-refractivity contribution is 5.67. The maximum Gasteiger partial charge on any atom is 0.407 e.